The fraction of sp³-hybridized carbons (Fsp3) is 0.158. The van der Waals surface area contributed by atoms with E-state index >= 15 is 0 Å². The minimum atomic E-state index is -0.593. The highest BCUT2D eigenvalue weighted by Gasteiger charge is 2.19. The molecule has 0 aliphatic carbocycles. The first-order chi connectivity index (χ1) is 10.7. The molecule has 0 aromatic heterocycles. The van der Waals surface area contributed by atoms with Gasteiger partial charge in [0.25, 0.3) is 0 Å². The molecule has 2 rings (SSSR count). The molecule has 3 heteroatoms. The first-order valence-electron chi connectivity index (χ1n) is 7.11. The molecule has 0 radical (unpaired) electrons. The van der Waals surface area contributed by atoms with Crippen molar-refractivity contribution in [2.45, 2.75) is 13.8 Å². The second-order valence-corrected chi connectivity index (χ2v) is 4.81. The van der Waals surface area contributed by atoms with Crippen molar-refractivity contribution in [3.8, 4) is 6.07 Å². The molecule has 0 aliphatic rings. The van der Waals surface area contributed by atoms with Crippen molar-refractivity contribution in [2.24, 2.45) is 0 Å². The van der Waals surface area contributed by atoms with Crippen LogP contribution in [-0.2, 0) is 9.53 Å². The zero-order valence-electron chi connectivity index (χ0n) is 12.7. The Bertz CT molecular complexity index is 722. The van der Waals surface area contributed by atoms with Crippen LogP contribution in [0, 0.1) is 18.3 Å². The Morgan fingerprint density at radius 3 is 2.18 bits per heavy atom. The van der Waals surface area contributed by atoms with E-state index in [0.29, 0.717) is 5.57 Å². The molecule has 0 bridgehead atoms. The van der Waals surface area contributed by atoms with Crippen LogP contribution in [0.5, 0.6) is 0 Å². The third-order valence-corrected chi connectivity index (χ3v) is 3.24. The molecule has 2 aromatic carbocycles. The summed E-state index contributed by atoms with van der Waals surface area (Å²) < 4.78 is 5.02. The van der Waals surface area contributed by atoms with E-state index in [-0.39, 0.29) is 12.2 Å². The second kappa shape index (κ2) is 7.24. The highest BCUT2D eigenvalue weighted by atomic mass is 16.5. The molecule has 0 fully saturated rings. The molecular formula is C19H17NO2. The van der Waals surface area contributed by atoms with Crippen molar-refractivity contribution in [1.82, 2.24) is 0 Å². The Hall–Kier alpha value is -2.86. The van der Waals surface area contributed by atoms with E-state index in [2.05, 4.69) is 0 Å². The number of nitrogens with zero attached hydrogens (tertiary/aromatic N) is 1. The quantitative estimate of drug-likeness (QED) is 0.488. The van der Waals surface area contributed by atoms with Crippen LogP contribution in [0.1, 0.15) is 23.6 Å². The number of benzene rings is 2. The predicted molar refractivity (Wildman–Crippen MR) is 85.9 cm³/mol. The van der Waals surface area contributed by atoms with Gasteiger partial charge in [-0.3, -0.25) is 0 Å². The summed E-state index contributed by atoms with van der Waals surface area (Å²) in [5, 5.41) is 9.46. The average Bonchev–Trinajstić information content (AvgIpc) is 2.54. The molecule has 0 spiro atoms. The average molecular weight is 291 g/mol. The SMILES string of the molecule is CCOC(=O)/C(C#N)=C(/c1ccccc1)c1ccc(C)cc1. The summed E-state index contributed by atoms with van der Waals surface area (Å²) in [4.78, 5) is 12.1. The number of carbonyl (C=O) groups is 1. The van der Waals surface area contributed by atoms with Crippen molar-refractivity contribution in [3.05, 3.63) is 76.9 Å². The lowest BCUT2D eigenvalue weighted by molar-refractivity contribution is -0.137. The molecule has 0 unspecified atom stereocenters. The van der Waals surface area contributed by atoms with Crippen LogP contribution in [0.2, 0.25) is 0 Å². The van der Waals surface area contributed by atoms with Crippen molar-refractivity contribution >= 4 is 11.5 Å². The molecule has 2 aromatic rings. The van der Waals surface area contributed by atoms with Crippen LogP contribution in [-0.4, -0.2) is 12.6 Å². The molecular weight excluding hydrogens is 274 g/mol. The van der Waals surface area contributed by atoms with E-state index in [1.54, 1.807) is 6.92 Å². The molecule has 22 heavy (non-hydrogen) atoms. The van der Waals surface area contributed by atoms with Crippen molar-refractivity contribution in [3.63, 3.8) is 0 Å². The Kier molecular flexibility index (Phi) is 5.11. The number of hydrogen-bond donors (Lipinski definition) is 0. The van der Waals surface area contributed by atoms with Crippen molar-refractivity contribution in [1.29, 1.82) is 5.26 Å². The van der Waals surface area contributed by atoms with Crippen LogP contribution in [0.3, 0.4) is 0 Å². The lowest BCUT2D eigenvalue weighted by atomic mass is 9.93. The van der Waals surface area contributed by atoms with Gasteiger partial charge in [-0.1, -0.05) is 60.2 Å². The molecule has 0 atom stereocenters. The third kappa shape index (κ3) is 3.42. The normalized spacial score (nSPS) is 11.3. The van der Waals surface area contributed by atoms with Gasteiger partial charge < -0.3 is 4.74 Å². The monoisotopic (exact) mass is 291 g/mol. The smallest absolute Gasteiger partial charge is 0.349 e. The van der Waals surface area contributed by atoms with E-state index in [1.165, 1.54) is 0 Å². The number of nitriles is 1. The zero-order chi connectivity index (χ0) is 15.9. The number of esters is 1. The Morgan fingerprint density at radius 1 is 1.05 bits per heavy atom. The van der Waals surface area contributed by atoms with Gasteiger partial charge in [-0.05, 0) is 25.0 Å². The van der Waals surface area contributed by atoms with Crippen LogP contribution in [0.15, 0.2) is 60.2 Å². The largest absolute Gasteiger partial charge is 0.462 e. The van der Waals surface area contributed by atoms with Gasteiger partial charge in [0.2, 0.25) is 0 Å². The van der Waals surface area contributed by atoms with Gasteiger partial charge in [0.05, 0.1) is 6.61 Å². The number of aryl methyl sites for hydroxylation is 1. The lowest BCUT2D eigenvalue weighted by Gasteiger charge is -2.11. The molecule has 0 aliphatic heterocycles. The maximum absolute atomic E-state index is 12.1. The summed E-state index contributed by atoms with van der Waals surface area (Å²) >= 11 is 0. The highest BCUT2D eigenvalue weighted by molar-refractivity contribution is 6.05. The van der Waals surface area contributed by atoms with E-state index in [4.69, 9.17) is 4.74 Å². The summed E-state index contributed by atoms with van der Waals surface area (Å²) in [5.41, 5.74) is 3.38. The highest BCUT2D eigenvalue weighted by Crippen LogP contribution is 2.27. The summed E-state index contributed by atoms with van der Waals surface area (Å²) in [5.74, 6) is -0.593. The standard InChI is InChI=1S/C19H17NO2/c1-3-22-19(21)17(13-20)18(15-7-5-4-6-8-15)16-11-9-14(2)10-12-16/h4-12H,3H2,1-2H3/b18-17-. The number of hydrogen-bond acceptors (Lipinski definition) is 3. The minimum absolute atomic E-state index is 0.0249. The first-order valence-corrected chi connectivity index (χ1v) is 7.11. The second-order valence-electron chi connectivity index (χ2n) is 4.81. The lowest BCUT2D eigenvalue weighted by Crippen LogP contribution is -2.09. The topological polar surface area (TPSA) is 50.1 Å². The summed E-state index contributed by atoms with van der Waals surface area (Å²) in [6, 6.07) is 19.2. The Morgan fingerprint density at radius 2 is 1.64 bits per heavy atom. The molecule has 0 heterocycles. The van der Waals surface area contributed by atoms with Crippen LogP contribution < -0.4 is 0 Å². The molecule has 0 saturated carbocycles. The first kappa shape index (κ1) is 15.5. The van der Waals surface area contributed by atoms with Gasteiger partial charge in [0.15, 0.2) is 0 Å². The van der Waals surface area contributed by atoms with Gasteiger partial charge in [0.1, 0.15) is 11.6 Å². The summed E-state index contributed by atoms with van der Waals surface area (Å²) in [7, 11) is 0. The van der Waals surface area contributed by atoms with Gasteiger partial charge in [-0.2, -0.15) is 5.26 Å². The molecule has 110 valence electrons. The molecule has 0 amide bonds. The summed E-state index contributed by atoms with van der Waals surface area (Å²) in [6.45, 7) is 3.95. The van der Waals surface area contributed by atoms with E-state index in [0.717, 1.165) is 16.7 Å². The van der Waals surface area contributed by atoms with E-state index < -0.39 is 5.97 Å². The van der Waals surface area contributed by atoms with Crippen molar-refractivity contribution in [2.75, 3.05) is 6.61 Å². The van der Waals surface area contributed by atoms with Gasteiger partial charge in [-0.15, -0.1) is 0 Å². The van der Waals surface area contributed by atoms with E-state index in [1.807, 2.05) is 67.6 Å². The maximum Gasteiger partial charge on any atom is 0.349 e. The van der Waals surface area contributed by atoms with Gasteiger partial charge >= 0.3 is 5.97 Å². The van der Waals surface area contributed by atoms with Crippen LogP contribution in [0.25, 0.3) is 5.57 Å². The molecule has 3 nitrogen and oxygen atoms in total. The van der Waals surface area contributed by atoms with Gasteiger partial charge in [0, 0.05) is 5.57 Å². The van der Waals surface area contributed by atoms with Crippen LogP contribution >= 0.6 is 0 Å². The zero-order valence-corrected chi connectivity index (χ0v) is 12.7. The van der Waals surface area contributed by atoms with Crippen molar-refractivity contribution < 1.29 is 9.53 Å². The molecule has 0 N–H and O–H groups in total. The minimum Gasteiger partial charge on any atom is -0.462 e. The summed E-state index contributed by atoms with van der Waals surface area (Å²) in [6.07, 6.45) is 0. The molecule has 0 saturated heterocycles. The number of ether oxygens (including phenoxy) is 1. The maximum atomic E-state index is 12.1. The predicted octanol–water partition coefficient (Wildman–Crippen LogP) is 3.88. The third-order valence-electron chi connectivity index (χ3n) is 3.24. The fourth-order valence-corrected chi connectivity index (χ4v) is 2.19. The number of carbonyl (C=O) groups excluding carboxylic acids is 1. The van der Waals surface area contributed by atoms with E-state index in [9.17, 15) is 10.1 Å². The number of rotatable bonds is 4. The van der Waals surface area contributed by atoms with Gasteiger partial charge in [-0.25, -0.2) is 4.79 Å². The Labute approximate surface area is 130 Å². The van der Waals surface area contributed by atoms with Crippen LogP contribution in [0.4, 0.5) is 0 Å². The Balaban J connectivity index is 2.67. The fourth-order valence-electron chi connectivity index (χ4n) is 2.19.